The van der Waals surface area contributed by atoms with Crippen LogP contribution in [0.25, 0.3) is 10.4 Å². The molecule has 0 unspecified atom stereocenters. The van der Waals surface area contributed by atoms with Crippen LogP contribution < -0.4 is 15.6 Å². The first-order chi connectivity index (χ1) is 21.9. The van der Waals surface area contributed by atoms with Crippen LogP contribution >= 0.6 is 15.9 Å². The predicted molar refractivity (Wildman–Crippen MR) is 176 cm³/mol. The van der Waals surface area contributed by atoms with Gasteiger partial charge in [0.05, 0.1) is 19.3 Å². The molecule has 11 nitrogen and oxygen atoms in total. The summed E-state index contributed by atoms with van der Waals surface area (Å²) in [5, 5.41) is 12.9. The third-order valence-corrected chi connectivity index (χ3v) is 7.96. The molecule has 0 aliphatic carbocycles. The Morgan fingerprint density at radius 1 is 1.09 bits per heavy atom. The van der Waals surface area contributed by atoms with E-state index in [2.05, 4.69) is 36.8 Å². The van der Waals surface area contributed by atoms with Crippen molar-refractivity contribution in [1.29, 1.82) is 0 Å². The van der Waals surface area contributed by atoms with Crippen LogP contribution in [0.5, 0.6) is 5.75 Å². The van der Waals surface area contributed by atoms with Gasteiger partial charge in [-0.05, 0) is 72.8 Å². The van der Waals surface area contributed by atoms with Crippen LogP contribution in [0.15, 0.2) is 87.4 Å². The quantitative estimate of drug-likeness (QED) is 0.0527. The summed E-state index contributed by atoms with van der Waals surface area (Å²) >= 11 is 3.65. The van der Waals surface area contributed by atoms with E-state index >= 15 is 0 Å². The van der Waals surface area contributed by atoms with Gasteiger partial charge in [0.15, 0.2) is 11.6 Å². The lowest BCUT2D eigenvalue weighted by Gasteiger charge is -2.32. The van der Waals surface area contributed by atoms with Crippen molar-refractivity contribution in [1.82, 2.24) is 10.9 Å². The first-order valence-corrected chi connectivity index (χ1v) is 15.7. The third-order valence-electron chi connectivity index (χ3n) is 7.19. The average Bonchev–Trinajstić information content (AvgIpc) is 3.43. The Labute approximate surface area is 271 Å². The van der Waals surface area contributed by atoms with E-state index < -0.39 is 11.6 Å². The molecule has 0 fully saturated rings. The zero-order valence-corrected chi connectivity index (χ0v) is 27.1. The predicted octanol–water partition coefficient (Wildman–Crippen LogP) is 5.96. The van der Waals surface area contributed by atoms with Gasteiger partial charge in [0.2, 0.25) is 5.90 Å². The van der Waals surface area contributed by atoms with Gasteiger partial charge in [-0.25, -0.2) is 10.4 Å². The smallest absolute Gasteiger partial charge is 0.266 e. The van der Waals surface area contributed by atoms with Crippen molar-refractivity contribution in [2.24, 2.45) is 10.1 Å². The highest BCUT2D eigenvalue weighted by Crippen LogP contribution is 2.44. The number of hydrogen-bond acceptors (Lipinski definition) is 8. The Balaban J connectivity index is 1.75. The fourth-order valence-electron chi connectivity index (χ4n) is 4.96. The van der Waals surface area contributed by atoms with Crippen LogP contribution in [0.3, 0.4) is 0 Å². The van der Waals surface area contributed by atoms with Gasteiger partial charge in [0.1, 0.15) is 5.75 Å². The molecule has 0 saturated carbocycles. The minimum Gasteiger partial charge on any atom is -0.494 e. The molecule has 1 amide bonds. The van der Waals surface area contributed by atoms with E-state index in [0.717, 1.165) is 15.6 Å². The number of ether oxygens (including phenoxy) is 3. The molecule has 1 aliphatic heterocycles. The number of hydrazine groups is 1. The summed E-state index contributed by atoms with van der Waals surface area (Å²) in [6.45, 7) is 5.54. The van der Waals surface area contributed by atoms with Crippen LogP contribution in [0, 0.1) is 0 Å². The molecule has 238 valence electrons. The molecule has 1 heterocycles. The molecule has 4 rings (SSSR count). The molecule has 3 aromatic carbocycles. The molecular formula is C33H39BrN6O5. The third kappa shape index (κ3) is 9.06. The van der Waals surface area contributed by atoms with Gasteiger partial charge in [0, 0.05) is 47.5 Å². The number of aliphatic hydroxyl groups excluding tert-OH is 1. The number of nitrogens with one attached hydrogen (secondary N) is 2. The Morgan fingerprint density at radius 2 is 1.82 bits per heavy atom. The standard InChI is InChI=1S/C33H39BrN6O5/c1-23(2)43-19-7-17-36-39-32(42)33(21-25-9-4-6-12-29(25)34)30(28-11-5-3-10-26(28)22-37-40-35)45-31(38-33)24-13-15-27(16-14-24)44-20-8-18-41/h3-6,9-16,23,30,36,41H,7-8,17-22H2,1-2H3,(H,39,42)/t30-,33-/m0/s1. The second-order valence-electron chi connectivity index (χ2n) is 10.8. The zero-order valence-electron chi connectivity index (χ0n) is 25.5. The fourth-order valence-corrected chi connectivity index (χ4v) is 5.39. The summed E-state index contributed by atoms with van der Waals surface area (Å²) in [6.07, 6.45) is 0.718. The maximum absolute atomic E-state index is 14.4. The molecule has 2 atom stereocenters. The van der Waals surface area contributed by atoms with Crippen molar-refractivity contribution < 1.29 is 24.1 Å². The lowest BCUT2D eigenvalue weighted by Crippen LogP contribution is -2.54. The average molecular weight is 680 g/mol. The molecule has 12 heteroatoms. The van der Waals surface area contributed by atoms with E-state index in [-0.39, 0.29) is 31.6 Å². The van der Waals surface area contributed by atoms with Crippen molar-refractivity contribution in [3.63, 3.8) is 0 Å². The first kappa shape index (κ1) is 34.0. The van der Waals surface area contributed by atoms with Crippen LogP contribution in [0.4, 0.5) is 0 Å². The van der Waals surface area contributed by atoms with E-state index in [1.807, 2.05) is 74.5 Å². The number of aliphatic hydroxyl groups is 1. The maximum Gasteiger partial charge on any atom is 0.266 e. The van der Waals surface area contributed by atoms with Crippen molar-refractivity contribution in [2.45, 2.75) is 57.4 Å². The summed E-state index contributed by atoms with van der Waals surface area (Å²) < 4.78 is 18.8. The number of carbonyl (C=O) groups is 1. The molecule has 3 aromatic rings. The molecule has 45 heavy (non-hydrogen) atoms. The minimum absolute atomic E-state index is 0.0491. The molecule has 0 aromatic heterocycles. The normalized spacial score (nSPS) is 17.4. The summed E-state index contributed by atoms with van der Waals surface area (Å²) in [5.41, 5.74) is 16.5. The number of amides is 1. The molecular weight excluding hydrogens is 640 g/mol. The van der Waals surface area contributed by atoms with Crippen LogP contribution in [0.2, 0.25) is 0 Å². The summed E-state index contributed by atoms with van der Waals surface area (Å²) in [7, 11) is 0. The van der Waals surface area contributed by atoms with Crippen LogP contribution in [0.1, 0.15) is 55.0 Å². The number of azide groups is 1. The first-order valence-electron chi connectivity index (χ1n) is 15.0. The van der Waals surface area contributed by atoms with E-state index in [1.54, 1.807) is 12.1 Å². The maximum atomic E-state index is 14.4. The second-order valence-corrected chi connectivity index (χ2v) is 11.7. The largest absolute Gasteiger partial charge is 0.494 e. The van der Waals surface area contributed by atoms with Crippen molar-refractivity contribution in [3.8, 4) is 5.75 Å². The number of carbonyl (C=O) groups excluding carboxylic acids is 1. The Morgan fingerprint density at radius 3 is 2.53 bits per heavy atom. The van der Waals surface area contributed by atoms with Gasteiger partial charge in [-0.2, -0.15) is 0 Å². The van der Waals surface area contributed by atoms with Crippen molar-refractivity contribution in [3.05, 3.63) is 110 Å². The molecule has 0 radical (unpaired) electrons. The van der Waals surface area contributed by atoms with Gasteiger partial charge < -0.3 is 19.3 Å². The van der Waals surface area contributed by atoms with Crippen molar-refractivity contribution >= 4 is 27.7 Å². The number of benzene rings is 3. The minimum atomic E-state index is -1.44. The summed E-state index contributed by atoms with van der Waals surface area (Å²) in [5.74, 6) is 0.573. The van der Waals surface area contributed by atoms with Gasteiger partial charge in [-0.15, -0.1) is 0 Å². The van der Waals surface area contributed by atoms with E-state index in [9.17, 15) is 4.79 Å². The molecule has 0 bridgehead atoms. The van der Waals surface area contributed by atoms with E-state index in [1.165, 1.54) is 0 Å². The molecule has 3 N–H and O–H groups in total. The van der Waals surface area contributed by atoms with E-state index in [4.69, 9.17) is 29.8 Å². The lowest BCUT2D eigenvalue weighted by molar-refractivity contribution is -0.130. The monoisotopic (exact) mass is 678 g/mol. The highest BCUT2D eigenvalue weighted by molar-refractivity contribution is 9.10. The number of aliphatic imine (C=N–C) groups is 1. The fraction of sp³-hybridized carbons (Fsp3) is 0.394. The SMILES string of the molecule is CC(C)OCCCNNC(=O)[C@@]1(Cc2ccccc2Br)N=C(c2ccc(OCCCO)cc2)O[C@H]1c1ccccc1CN=[N+]=[N-]. The number of rotatable bonds is 17. The number of hydrogen-bond donors (Lipinski definition) is 3. The summed E-state index contributed by atoms with van der Waals surface area (Å²) in [6, 6.07) is 22.4. The number of nitrogens with zero attached hydrogens (tertiary/aromatic N) is 4. The lowest BCUT2D eigenvalue weighted by atomic mass is 9.80. The van der Waals surface area contributed by atoms with Gasteiger partial charge in [-0.3, -0.25) is 10.2 Å². The van der Waals surface area contributed by atoms with Crippen LogP contribution in [-0.2, 0) is 27.2 Å². The topological polar surface area (TPSA) is 150 Å². The van der Waals surface area contributed by atoms with Crippen LogP contribution in [-0.4, -0.2) is 54.9 Å². The Bertz CT molecular complexity index is 1490. The summed E-state index contributed by atoms with van der Waals surface area (Å²) in [4.78, 5) is 22.4. The molecule has 1 aliphatic rings. The highest BCUT2D eigenvalue weighted by atomic mass is 79.9. The highest BCUT2D eigenvalue weighted by Gasteiger charge is 2.54. The van der Waals surface area contributed by atoms with Gasteiger partial charge in [-0.1, -0.05) is 63.5 Å². The molecule has 0 spiro atoms. The Kier molecular flexibility index (Phi) is 12.8. The zero-order chi connectivity index (χ0) is 32.1. The molecule has 0 saturated heterocycles. The van der Waals surface area contributed by atoms with Gasteiger partial charge in [0.25, 0.3) is 5.91 Å². The Hall–Kier alpha value is -3.93. The van der Waals surface area contributed by atoms with Crippen molar-refractivity contribution in [2.75, 3.05) is 26.4 Å². The van der Waals surface area contributed by atoms with E-state index in [0.29, 0.717) is 55.4 Å². The van der Waals surface area contributed by atoms with Gasteiger partial charge >= 0.3 is 0 Å². The number of halogens is 1. The second kappa shape index (κ2) is 17.0.